The van der Waals surface area contributed by atoms with Crippen LogP contribution in [0.5, 0.6) is 0 Å². The fraction of sp³-hybridized carbons (Fsp3) is 0.333. The van der Waals surface area contributed by atoms with Crippen LogP contribution in [0.3, 0.4) is 0 Å². The molecule has 0 bridgehead atoms. The fourth-order valence-corrected chi connectivity index (χ4v) is 2.21. The molecule has 0 radical (unpaired) electrons. The molecule has 0 atom stereocenters. The molecular formula is C12H14BrN3O. The third-order valence-corrected chi connectivity index (χ3v) is 3.29. The molecule has 0 aliphatic carbocycles. The molecule has 0 amide bonds. The first-order chi connectivity index (χ1) is 8.15. The maximum absolute atomic E-state index is 5.54. The normalized spacial score (nSPS) is 10.6. The van der Waals surface area contributed by atoms with Crippen molar-refractivity contribution in [3.05, 3.63) is 28.1 Å². The molecule has 2 aromatic heterocycles. The lowest BCUT2D eigenvalue weighted by atomic mass is 10.3. The smallest absolute Gasteiger partial charge is 0.197 e. The minimum atomic E-state index is 0.613. The van der Waals surface area contributed by atoms with Gasteiger partial charge in [-0.15, -0.1) is 0 Å². The Balaban J connectivity index is 2.55. The van der Waals surface area contributed by atoms with Crippen molar-refractivity contribution in [3.8, 4) is 11.6 Å². The maximum Gasteiger partial charge on any atom is 0.197 e. The molecule has 2 aromatic rings. The van der Waals surface area contributed by atoms with Gasteiger partial charge in [0.15, 0.2) is 11.6 Å². The average Bonchev–Trinajstić information content (AvgIpc) is 2.76. The molecule has 0 fully saturated rings. The van der Waals surface area contributed by atoms with Gasteiger partial charge in [-0.25, -0.2) is 9.97 Å². The van der Waals surface area contributed by atoms with Crippen LogP contribution in [0.15, 0.2) is 21.0 Å². The average molecular weight is 296 g/mol. The third kappa shape index (κ3) is 2.34. The Bertz CT molecular complexity index is 511. The summed E-state index contributed by atoms with van der Waals surface area (Å²) < 4.78 is 6.45. The second kappa shape index (κ2) is 4.87. The summed E-state index contributed by atoms with van der Waals surface area (Å²) in [6.45, 7) is 3.96. The fourth-order valence-electron chi connectivity index (χ4n) is 1.56. The topological polar surface area (TPSA) is 51.0 Å². The predicted molar refractivity (Wildman–Crippen MR) is 71.1 cm³/mol. The van der Waals surface area contributed by atoms with Gasteiger partial charge in [0.2, 0.25) is 0 Å². The van der Waals surface area contributed by atoms with Gasteiger partial charge in [0.25, 0.3) is 0 Å². The van der Waals surface area contributed by atoms with Crippen molar-refractivity contribution in [2.45, 2.75) is 20.3 Å². The summed E-state index contributed by atoms with van der Waals surface area (Å²) in [5.41, 5.74) is 0.966. The number of furan rings is 1. The first kappa shape index (κ1) is 12.1. The van der Waals surface area contributed by atoms with Gasteiger partial charge in [0.05, 0.1) is 10.2 Å². The summed E-state index contributed by atoms with van der Waals surface area (Å²) in [5, 5.41) is 3.05. The molecule has 0 saturated carbocycles. The van der Waals surface area contributed by atoms with Crippen LogP contribution < -0.4 is 5.32 Å². The highest BCUT2D eigenvalue weighted by Gasteiger charge is 2.13. The van der Waals surface area contributed by atoms with E-state index in [0.29, 0.717) is 11.6 Å². The van der Waals surface area contributed by atoms with Gasteiger partial charge in [-0.1, -0.05) is 6.92 Å². The second-order valence-corrected chi connectivity index (χ2v) is 4.46. The third-order valence-electron chi connectivity index (χ3n) is 2.45. The first-order valence-corrected chi connectivity index (χ1v) is 6.26. The standard InChI is InChI=1S/C12H14BrN3O/c1-4-8-10(13)12(14-3)16-11(15-8)9-6-5-7(2)17-9/h5-6H,4H2,1-3H3,(H,14,15,16). The molecule has 1 N–H and O–H groups in total. The summed E-state index contributed by atoms with van der Waals surface area (Å²) in [6, 6.07) is 3.79. The minimum absolute atomic E-state index is 0.613. The van der Waals surface area contributed by atoms with E-state index >= 15 is 0 Å². The van der Waals surface area contributed by atoms with E-state index in [-0.39, 0.29) is 0 Å². The summed E-state index contributed by atoms with van der Waals surface area (Å²) >= 11 is 3.50. The van der Waals surface area contributed by atoms with Gasteiger partial charge in [-0.3, -0.25) is 0 Å². The van der Waals surface area contributed by atoms with Gasteiger partial charge in [0.1, 0.15) is 11.6 Å². The summed E-state index contributed by atoms with van der Waals surface area (Å²) in [5.74, 6) is 2.94. The Morgan fingerprint density at radius 1 is 1.35 bits per heavy atom. The maximum atomic E-state index is 5.54. The Hall–Kier alpha value is -1.36. The van der Waals surface area contributed by atoms with Gasteiger partial charge in [-0.2, -0.15) is 0 Å². The molecule has 0 saturated heterocycles. The van der Waals surface area contributed by atoms with Crippen molar-refractivity contribution in [1.29, 1.82) is 0 Å². The number of nitrogens with zero attached hydrogens (tertiary/aromatic N) is 2. The van der Waals surface area contributed by atoms with E-state index in [1.54, 1.807) is 0 Å². The number of aryl methyl sites for hydroxylation is 2. The molecule has 2 heterocycles. The van der Waals surface area contributed by atoms with E-state index in [0.717, 1.165) is 28.2 Å². The number of aromatic nitrogens is 2. The molecule has 4 nitrogen and oxygen atoms in total. The lowest BCUT2D eigenvalue weighted by Crippen LogP contribution is -2.02. The predicted octanol–water partition coefficient (Wildman–Crippen LogP) is 3.41. The van der Waals surface area contributed by atoms with Crippen LogP contribution in [-0.2, 0) is 6.42 Å². The molecule has 0 aliphatic rings. The monoisotopic (exact) mass is 295 g/mol. The van der Waals surface area contributed by atoms with Crippen molar-refractivity contribution < 1.29 is 4.42 Å². The molecule has 0 aliphatic heterocycles. The number of rotatable bonds is 3. The summed E-state index contributed by atoms with van der Waals surface area (Å²) in [6.07, 6.45) is 0.838. The van der Waals surface area contributed by atoms with Crippen molar-refractivity contribution >= 4 is 21.7 Å². The lowest BCUT2D eigenvalue weighted by Gasteiger charge is -2.08. The Morgan fingerprint density at radius 2 is 2.12 bits per heavy atom. The highest BCUT2D eigenvalue weighted by molar-refractivity contribution is 9.10. The second-order valence-electron chi connectivity index (χ2n) is 3.67. The van der Waals surface area contributed by atoms with Crippen molar-refractivity contribution in [3.63, 3.8) is 0 Å². The van der Waals surface area contributed by atoms with E-state index in [1.807, 2.05) is 26.1 Å². The Kier molecular flexibility index (Phi) is 3.47. The number of anilines is 1. The highest BCUT2D eigenvalue weighted by atomic mass is 79.9. The number of halogens is 1. The molecular weight excluding hydrogens is 282 g/mol. The van der Waals surface area contributed by atoms with E-state index in [4.69, 9.17) is 4.42 Å². The number of hydrogen-bond acceptors (Lipinski definition) is 4. The first-order valence-electron chi connectivity index (χ1n) is 5.46. The molecule has 17 heavy (non-hydrogen) atoms. The van der Waals surface area contributed by atoms with Gasteiger partial charge >= 0.3 is 0 Å². The van der Waals surface area contributed by atoms with Gasteiger partial charge < -0.3 is 9.73 Å². The van der Waals surface area contributed by atoms with Gasteiger partial charge in [0, 0.05) is 7.05 Å². The Morgan fingerprint density at radius 3 is 2.65 bits per heavy atom. The van der Waals surface area contributed by atoms with Crippen LogP contribution in [0, 0.1) is 6.92 Å². The van der Waals surface area contributed by atoms with E-state index in [1.165, 1.54) is 0 Å². The van der Waals surface area contributed by atoms with Crippen LogP contribution >= 0.6 is 15.9 Å². The molecule has 0 spiro atoms. The zero-order valence-electron chi connectivity index (χ0n) is 10.0. The molecule has 5 heteroatoms. The summed E-state index contributed by atoms with van der Waals surface area (Å²) in [7, 11) is 1.84. The quantitative estimate of drug-likeness (QED) is 0.943. The highest BCUT2D eigenvalue weighted by Crippen LogP contribution is 2.27. The van der Waals surface area contributed by atoms with Crippen LogP contribution in [0.2, 0.25) is 0 Å². The largest absolute Gasteiger partial charge is 0.458 e. The molecule has 2 rings (SSSR count). The van der Waals surface area contributed by atoms with E-state index in [9.17, 15) is 0 Å². The summed E-state index contributed by atoms with van der Waals surface area (Å²) in [4.78, 5) is 8.91. The zero-order chi connectivity index (χ0) is 12.4. The lowest BCUT2D eigenvalue weighted by molar-refractivity contribution is 0.543. The molecule has 0 unspecified atom stereocenters. The van der Waals surface area contributed by atoms with Crippen molar-refractivity contribution in [1.82, 2.24) is 9.97 Å². The van der Waals surface area contributed by atoms with E-state index < -0.39 is 0 Å². The van der Waals surface area contributed by atoms with Crippen LogP contribution in [-0.4, -0.2) is 17.0 Å². The van der Waals surface area contributed by atoms with Crippen LogP contribution in [0.1, 0.15) is 18.4 Å². The van der Waals surface area contributed by atoms with E-state index in [2.05, 4.69) is 38.1 Å². The zero-order valence-corrected chi connectivity index (χ0v) is 11.6. The molecule has 0 aromatic carbocycles. The van der Waals surface area contributed by atoms with Crippen molar-refractivity contribution in [2.24, 2.45) is 0 Å². The van der Waals surface area contributed by atoms with Crippen LogP contribution in [0.25, 0.3) is 11.6 Å². The van der Waals surface area contributed by atoms with Gasteiger partial charge in [-0.05, 0) is 41.4 Å². The number of nitrogens with one attached hydrogen (secondary N) is 1. The Labute approximate surface area is 109 Å². The molecule has 90 valence electrons. The minimum Gasteiger partial charge on any atom is -0.458 e. The van der Waals surface area contributed by atoms with Crippen molar-refractivity contribution in [2.75, 3.05) is 12.4 Å². The SMILES string of the molecule is CCc1nc(-c2ccc(C)o2)nc(NC)c1Br. The number of hydrogen-bond donors (Lipinski definition) is 1. The van der Waals surface area contributed by atoms with Crippen LogP contribution in [0.4, 0.5) is 5.82 Å².